The molecule has 1 aromatic heterocycles. The SMILES string of the molecule is COc1ccc(-c2ccc(C)nc2-c2ccc(OCc3ccccc3)cc2)cc1. The van der Waals surface area contributed by atoms with E-state index in [9.17, 15) is 0 Å². The van der Waals surface area contributed by atoms with Crippen LogP contribution in [0.5, 0.6) is 11.5 Å². The molecule has 0 aliphatic heterocycles. The fraction of sp³-hybridized carbons (Fsp3) is 0.115. The number of nitrogens with zero attached hydrogens (tertiary/aromatic N) is 1. The lowest BCUT2D eigenvalue weighted by Crippen LogP contribution is -1.95. The summed E-state index contributed by atoms with van der Waals surface area (Å²) >= 11 is 0. The van der Waals surface area contributed by atoms with Crippen molar-refractivity contribution in [2.75, 3.05) is 7.11 Å². The molecule has 0 aliphatic rings. The molecule has 0 unspecified atom stereocenters. The van der Waals surface area contributed by atoms with Gasteiger partial charge in [0, 0.05) is 16.8 Å². The minimum absolute atomic E-state index is 0.556. The fourth-order valence-electron chi connectivity index (χ4n) is 3.23. The molecule has 144 valence electrons. The Morgan fingerprint density at radius 2 is 1.34 bits per heavy atom. The molecule has 1 heterocycles. The molecule has 0 N–H and O–H groups in total. The van der Waals surface area contributed by atoms with Crippen LogP contribution in [0.4, 0.5) is 0 Å². The monoisotopic (exact) mass is 381 g/mol. The Bertz CT molecular complexity index is 1070. The fourth-order valence-corrected chi connectivity index (χ4v) is 3.23. The lowest BCUT2D eigenvalue weighted by atomic mass is 9.98. The summed E-state index contributed by atoms with van der Waals surface area (Å²) in [6, 6.07) is 30.5. The first-order valence-corrected chi connectivity index (χ1v) is 9.62. The van der Waals surface area contributed by atoms with E-state index in [4.69, 9.17) is 14.5 Å². The van der Waals surface area contributed by atoms with Crippen LogP contribution in [0.3, 0.4) is 0 Å². The number of ether oxygens (including phenoxy) is 2. The summed E-state index contributed by atoms with van der Waals surface area (Å²) in [5.41, 5.74) is 6.37. The Morgan fingerprint density at radius 3 is 2.03 bits per heavy atom. The highest BCUT2D eigenvalue weighted by atomic mass is 16.5. The zero-order valence-corrected chi connectivity index (χ0v) is 16.6. The van der Waals surface area contributed by atoms with Gasteiger partial charge in [-0.05, 0) is 60.5 Å². The molecule has 0 aliphatic carbocycles. The second-order valence-corrected chi connectivity index (χ2v) is 6.88. The standard InChI is InChI=1S/C26H23NO2/c1-19-8-17-25(21-9-13-23(28-2)14-10-21)26(27-19)22-11-15-24(16-12-22)29-18-20-6-4-3-5-7-20/h3-17H,18H2,1-2H3. The van der Waals surface area contributed by atoms with E-state index < -0.39 is 0 Å². The van der Waals surface area contributed by atoms with Crippen molar-refractivity contribution in [2.24, 2.45) is 0 Å². The molecular formula is C26H23NO2. The molecule has 0 saturated heterocycles. The van der Waals surface area contributed by atoms with Crippen molar-refractivity contribution in [3.05, 3.63) is 102 Å². The minimum atomic E-state index is 0.556. The van der Waals surface area contributed by atoms with Gasteiger partial charge in [0.2, 0.25) is 0 Å². The van der Waals surface area contributed by atoms with Gasteiger partial charge in [-0.3, -0.25) is 4.98 Å². The van der Waals surface area contributed by atoms with Gasteiger partial charge in [0.1, 0.15) is 18.1 Å². The Balaban J connectivity index is 1.59. The van der Waals surface area contributed by atoms with Gasteiger partial charge >= 0.3 is 0 Å². The number of aromatic nitrogens is 1. The van der Waals surface area contributed by atoms with Gasteiger partial charge in [0.15, 0.2) is 0 Å². The van der Waals surface area contributed by atoms with Gasteiger partial charge in [0.25, 0.3) is 0 Å². The number of benzene rings is 3. The first-order valence-electron chi connectivity index (χ1n) is 9.62. The summed E-state index contributed by atoms with van der Waals surface area (Å²) < 4.78 is 11.2. The Labute approximate surface area is 171 Å². The minimum Gasteiger partial charge on any atom is -0.497 e. The highest BCUT2D eigenvalue weighted by Crippen LogP contribution is 2.32. The van der Waals surface area contributed by atoms with Crippen LogP contribution in [0.25, 0.3) is 22.4 Å². The van der Waals surface area contributed by atoms with Crippen molar-refractivity contribution >= 4 is 0 Å². The summed E-state index contributed by atoms with van der Waals surface area (Å²) in [6.07, 6.45) is 0. The molecule has 0 saturated carbocycles. The highest BCUT2D eigenvalue weighted by molar-refractivity contribution is 5.81. The second-order valence-electron chi connectivity index (χ2n) is 6.88. The zero-order chi connectivity index (χ0) is 20.1. The first kappa shape index (κ1) is 18.8. The second kappa shape index (κ2) is 8.61. The van der Waals surface area contributed by atoms with Gasteiger partial charge in [-0.2, -0.15) is 0 Å². The average molecular weight is 381 g/mol. The van der Waals surface area contributed by atoms with Crippen LogP contribution >= 0.6 is 0 Å². The van der Waals surface area contributed by atoms with Gasteiger partial charge in [-0.1, -0.05) is 48.5 Å². The van der Waals surface area contributed by atoms with E-state index in [1.54, 1.807) is 7.11 Å². The summed E-state index contributed by atoms with van der Waals surface area (Å²) in [5.74, 6) is 1.69. The van der Waals surface area contributed by atoms with Crippen molar-refractivity contribution in [1.29, 1.82) is 0 Å². The number of hydrogen-bond donors (Lipinski definition) is 0. The number of aryl methyl sites for hydroxylation is 1. The third-order valence-corrected chi connectivity index (χ3v) is 4.81. The average Bonchev–Trinajstić information content (AvgIpc) is 2.79. The summed E-state index contributed by atoms with van der Waals surface area (Å²) in [4.78, 5) is 4.81. The van der Waals surface area contributed by atoms with Crippen molar-refractivity contribution in [3.63, 3.8) is 0 Å². The van der Waals surface area contributed by atoms with Gasteiger partial charge < -0.3 is 9.47 Å². The molecule has 4 rings (SSSR count). The summed E-state index contributed by atoms with van der Waals surface area (Å²) in [6.45, 7) is 2.57. The maximum Gasteiger partial charge on any atom is 0.119 e. The van der Waals surface area contributed by atoms with E-state index in [1.807, 2.05) is 55.5 Å². The number of methoxy groups -OCH3 is 1. The van der Waals surface area contributed by atoms with Crippen molar-refractivity contribution < 1.29 is 9.47 Å². The molecule has 0 radical (unpaired) electrons. The van der Waals surface area contributed by atoms with E-state index in [-0.39, 0.29) is 0 Å². The van der Waals surface area contributed by atoms with Crippen molar-refractivity contribution in [2.45, 2.75) is 13.5 Å². The molecular weight excluding hydrogens is 358 g/mol. The van der Waals surface area contributed by atoms with E-state index in [0.717, 1.165) is 45.1 Å². The van der Waals surface area contributed by atoms with Crippen LogP contribution in [-0.2, 0) is 6.61 Å². The van der Waals surface area contributed by atoms with E-state index in [0.29, 0.717) is 6.61 Å². The van der Waals surface area contributed by atoms with E-state index in [1.165, 1.54) is 0 Å². The van der Waals surface area contributed by atoms with E-state index >= 15 is 0 Å². The smallest absolute Gasteiger partial charge is 0.119 e. The van der Waals surface area contributed by atoms with Crippen LogP contribution in [0, 0.1) is 6.92 Å². The van der Waals surface area contributed by atoms with Crippen LogP contribution in [0.15, 0.2) is 91.0 Å². The predicted octanol–water partition coefficient (Wildman–Crippen LogP) is 6.31. The molecule has 0 fully saturated rings. The molecule has 29 heavy (non-hydrogen) atoms. The Hall–Kier alpha value is -3.59. The Kier molecular flexibility index (Phi) is 5.57. The molecule has 0 amide bonds. The van der Waals surface area contributed by atoms with Crippen LogP contribution in [0.1, 0.15) is 11.3 Å². The molecule has 0 spiro atoms. The zero-order valence-electron chi connectivity index (χ0n) is 16.6. The topological polar surface area (TPSA) is 31.4 Å². The molecule has 0 bridgehead atoms. The number of pyridine rings is 1. The van der Waals surface area contributed by atoms with Crippen LogP contribution < -0.4 is 9.47 Å². The highest BCUT2D eigenvalue weighted by Gasteiger charge is 2.10. The summed E-state index contributed by atoms with van der Waals surface area (Å²) in [7, 11) is 1.68. The first-order chi connectivity index (χ1) is 14.2. The van der Waals surface area contributed by atoms with Gasteiger partial charge in [0.05, 0.1) is 12.8 Å². The maximum absolute atomic E-state index is 5.91. The van der Waals surface area contributed by atoms with Crippen molar-refractivity contribution in [1.82, 2.24) is 4.98 Å². The number of hydrogen-bond acceptors (Lipinski definition) is 3. The van der Waals surface area contributed by atoms with E-state index in [2.05, 4.69) is 42.5 Å². The predicted molar refractivity (Wildman–Crippen MR) is 117 cm³/mol. The summed E-state index contributed by atoms with van der Waals surface area (Å²) in [5, 5.41) is 0. The lowest BCUT2D eigenvalue weighted by molar-refractivity contribution is 0.306. The third kappa shape index (κ3) is 4.46. The molecule has 3 heteroatoms. The number of rotatable bonds is 6. The molecule has 4 aromatic rings. The van der Waals surface area contributed by atoms with Gasteiger partial charge in [-0.15, -0.1) is 0 Å². The molecule has 3 nitrogen and oxygen atoms in total. The molecule has 3 aromatic carbocycles. The largest absolute Gasteiger partial charge is 0.497 e. The lowest BCUT2D eigenvalue weighted by Gasteiger charge is -2.12. The third-order valence-electron chi connectivity index (χ3n) is 4.81. The molecule has 0 atom stereocenters. The normalized spacial score (nSPS) is 10.6. The maximum atomic E-state index is 5.91. The van der Waals surface area contributed by atoms with Crippen molar-refractivity contribution in [3.8, 4) is 33.9 Å². The van der Waals surface area contributed by atoms with Crippen LogP contribution in [-0.4, -0.2) is 12.1 Å². The quantitative estimate of drug-likeness (QED) is 0.392. The van der Waals surface area contributed by atoms with Crippen LogP contribution in [0.2, 0.25) is 0 Å². The van der Waals surface area contributed by atoms with Gasteiger partial charge in [-0.25, -0.2) is 0 Å². The Morgan fingerprint density at radius 1 is 0.690 bits per heavy atom.